The molecule has 0 aliphatic carbocycles. The first-order chi connectivity index (χ1) is 19.9. The average molecular weight is 533 g/mol. The molecule has 2 heterocycles. The third kappa shape index (κ3) is 4.80. The van der Waals surface area contributed by atoms with E-state index in [1.54, 1.807) is 28.1 Å². The second-order valence-corrected chi connectivity index (χ2v) is 9.90. The monoisotopic (exact) mass is 533 g/mol. The predicted molar refractivity (Wildman–Crippen MR) is 168 cm³/mol. The molecule has 8 heteroatoms. The molecule has 0 aliphatic rings. The van der Waals surface area contributed by atoms with Gasteiger partial charge in [0.05, 0.1) is 5.69 Å². The summed E-state index contributed by atoms with van der Waals surface area (Å²) in [6.45, 7) is 0. The first kappa shape index (κ1) is 25.9. The van der Waals surface area contributed by atoms with Crippen LogP contribution in [0.2, 0.25) is 0 Å². The molecule has 196 valence electrons. The molecular formula is C33H25B2N3O3. The largest absolute Gasteiger partial charge is 0.509 e. The van der Waals surface area contributed by atoms with E-state index >= 15 is 0 Å². The van der Waals surface area contributed by atoms with Gasteiger partial charge in [-0.15, -0.1) is 0 Å². The standard InChI is InChI=1S/C33H25B2N3O3/c34-27-30(39)26(31(40)28(35)32(27)41)33-37-18-25(22-11-4-10-21(15-22)24-13-6-14-36-17-24)29(38-33)23-12-5-9-20(16-23)19-7-2-1-3-8-19/h1-18,39-41H,34-35H2. The lowest BCUT2D eigenvalue weighted by atomic mass is 9.81. The minimum atomic E-state index is -0.263. The Kier molecular flexibility index (Phi) is 6.73. The van der Waals surface area contributed by atoms with Crippen molar-refractivity contribution in [3.63, 3.8) is 0 Å². The highest BCUT2D eigenvalue weighted by atomic mass is 16.3. The first-order valence-electron chi connectivity index (χ1n) is 13.2. The molecule has 6 aromatic rings. The summed E-state index contributed by atoms with van der Waals surface area (Å²) in [5.41, 5.74) is 7.85. The van der Waals surface area contributed by atoms with Crippen LogP contribution < -0.4 is 10.9 Å². The highest BCUT2D eigenvalue weighted by Crippen LogP contribution is 2.39. The number of aromatic nitrogens is 3. The van der Waals surface area contributed by atoms with Gasteiger partial charge in [0.25, 0.3) is 0 Å². The van der Waals surface area contributed by atoms with Gasteiger partial charge in [-0.2, -0.15) is 0 Å². The van der Waals surface area contributed by atoms with Crippen LogP contribution in [0, 0.1) is 0 Å². The van der Waals surface area contributed by atoms with Gasteiger partial charge in [-0.3, -0.25) is 4.98 Å². The van der Waals surface area contributed by atoms with Crippen LogP contribution in [0.15, 0.2) is 110 Å². The Hall–Kier alpha value is -5.36. The number of pyridine rings is 1. The number of aromatic hydroxyl groups is 3. The van der Waals surface area contributed by atoms with Crippen molar-refractivity contribution in [2.45, 2.75) is 0 Å². The number of hydrogen-bond donors (Lipinski definition) is 3. The Morgan fingerprint density at radius 1 is 0.537 bits per heavy atom. The van der Waals surface area contributed by atoms with E-state index in [4.69, 9.17) is 4.98 Å². The quantitative estimate of drug-likeness (QED) is 0.292. The molecule has 0 saturated carbocycles. The zero-order valence-electron chi connectivity index (χ0n) is 22.6. The summed E-state index contributed by atoms with van der Waals surface area (Å²) >= 11 is 0. The van der Waals surface area contributed by atoms with E-state index in [0.717, 1.165) is 38.9 Å². The molecule has 6 rings (SSSR count). The summed E-state index contributed by atoms with van der Waals surface area (Å²) in [7, 11) is 3.17. The molecule has 41 heavy (non-hydrogen) atoms. The molecule has 0 spiro atoms. The molecule has 0 aliphatic heterocycles. The van der Waals surface area contributed by atoms with Gasteiger partial charge in [0.2, 0.25) is 0 Å². The Balaban J connectivity index is 1.58. The fraction of sp³-hybridized carbons (Fsp3) is 0. The Morgan fingerprint density at radius 3 is 1.80 bits per heavy atom. The maximum Gasteiger partial charge on any atom is 0.167 e. The summed E-state index contributed by atoms with van der Waals surface area (Å²) in [5, 5.41) is 32.2. The van der Waals surface area contributed by atoms with Crippen molar-refractivity contribution in [1.82, 2.24) is 15.0 Å². The van der Waals surface area contributed by atoms with Gasteiger partial charge in [-0.05, 0) is 51.4 Å². The molecule has 0 radical (unpaired) electrons. The van der Waals surface area contributed by atoms with E-state index in [-0.39, 0.29) is 39.6 Å². The second-order valence-electron chi connectivity index (χ2n) is 9.90. The Labute approximate surface area is 239 Å². The van der Waals surface area contributed by atoms with Gasteiger partial charge in [-0.25, -0.2) is 9.97 Å². The van der Waals surface area contributed by atoms with E-state index in [0.29, 0.717) is 5.69 Å². The average Bonchev–Trinajstić information content (AvgIpc) is 3.04. The Bertz CT molecular complexity index is 1870. The summed E-state index contributed by atoms with van der Waals surface area (Å²) in [4.78, 5) is 13.8. The van der Waals surface area contributed by atoms with Crippen molar-refractivity contribution in [2.75, 3.05) is 0 Å². The fourth-order valence-corrected chi connectivity index (χ4v) is 5.01. The van der Waals surface area contributed by atoms with Crippen molar-refractivity contribution in [3.05, 3.63) is 110 Å². The lowest BCUT2D eigenvalue weighted by molar-refractivity contribution is 0.441. The van der Waals surface area contributed by atoms with Crippen molar-refractivity contribution in [1.29, 1.82) is 0 Å². The maximum atomic E-state index is 10.9. The first-order valence-corrected chi connectivity index (χ1v) is 13.2. The number of rotatable bonds is 5. The van der Waals surface area contributed by atoms with Crippen LogP contribution in [-0.2, 0) is 0 Å². The highest BCUT2D eigenvalue weighted by Gasteiger charge is 2.23. The molecule has 0 bridgehead atoms. The van der Waals surface area contributed by atoms with Crippen molar-refractivity contribution >= 4 is 26.6 Å². The minimum Gasteiger partial charge on any atom is -0.509 e. The van der Waals surface area contributed by atoms with E-state index in [1.807, 2.05) is 72.9 Å². The smallest absolute Gasteiger partial charge is 0.167 e. The van der Waals surface area contributed by atoms with Crippen molar-refractivity contribution < 1.29 is 15.3 Å². The Morgan fingerprint density at radius 2 is 1.12 bits per heavy atom. The zero-order valence-corrected chi connectivity index (χ0v) is 22.6. The summed E-state index contributed by atoms with van der Waals surface area (Å²) in [6.07, 6.45) is 5.28. The highest BCUT2D eigenvalue weighted by molar-refractivity contribution is 6.44. The van der Waals surface area contributed by atoms with Gasteiger partial charge in [0.1, 0.15) is 38.5 Å². The molecule has 0 atom stereocenters. The van der Waals surface area contributed by atoms with Gasteiger partial charge >= 0.3 is 0 Å². The zero-order chi connectivity index (χ0) is 28.5. The third-order valence-corrected chi connectivity index (χ3v) is 7.32. The summed E-state index contributed by atoms with van der Waals surface area (Å²) in [6, 6.07) is 30.2. The lowest BCUT2D eigenvalue weighted by Crippen LogP contribution is -2.17. The van der Waals surface area contributed by atoms with Crippen LogP contribution >= 0.6 is 0 Å². The number of benzene rings is 4. The fourth-order valence-electron chi connectivity index (χ4n) is 5.01. The number of hydrogen-bond acceptors (Lipinski definition) is 6. The van der Waals surface area contributed by atoms with Gasteiger partial charge in [-0.1, -0.05) is 72.8 Å². The van der Waals surface area contributed by atoms with E-state index in [2.05, 4.69) is 34.2 Å². The molecular weight excluding hydrogens is 508 g/mol. The normalized spacial score (nSPS) is 10.9. The molecule has 0 fully saturated rings. The molecule has 4 aromatic carbocycles. The molecule has 6 nitrogen and oxygen atoms in total. The van der Waals surface area contributed by atoms with E-state index in [1.165, 1.54) is 0 Å². The van der Waals surface area contributed by atoms with Crippen molar-refractivity contribution in [2.24, 2.45) is 0 Å². The summed E-state index contributed by atoms with van der Waals surface area (Å²) < 4.78 is 0. The van der Waals surface area contributed by atoms with Crippen LogP contribution in [0.3, 0.4) is 0 Å². The summed E-state index contributed by atoms with van der Waals surface area (Å²) in [5.74, 6) is -0.538. The molecule has 2 aromatic heterocycles. The maximum absolute atomic E-state index is 10.9. The van der Waals surface area contributed by atoms with Gasteiger partial charge in [0.15, 0.2) is 5.82 Å². The van der Waals surface area contributed by atoms with Crippen LogP contribution in [0.5, 0.6) is 17.2 Å². The number of nitrogens with zero attached hydrogens (tertiary/aromatic N) is 3. The second kappa shape index (κ2) is 10.7. The third-order valence-electron chi connectivity index (χ3n) is 7.32. The number of phenols is 3. The van der Waals surface area contributed by atoms with Crippen LogP contribution in [-0.4, -0.2) is 46.0 Å². The van der Waals surface area contributed by atoms with Crippen LogP contribution in [0.1, 0.15) is 0 Å². The van der Waals surface area contributed by atoms with Crippen LogP contribution in [0.25, 0.3) is 56.0 Å². The SMILES string of the molecule is Bc1c(O)c(B)c(O)c(-c2ncc(-c3cccc(-c4cccnc4)c3)c(-c3cccc(-c4ccccc4)c3)n2)c1O. The lowest BCUT2D eigenvalue weighted by Gasteiger charge is -2.17. The molecule has 0 amide bonds. The molecule has 3 N–H and O–H groups in total. The topological polar surface area (TPSA) is 99.4 Å². The number of phenolic OH excluding ortho intramolecular Hbond substituents is 3. The molecule has 0 unspecified atom stereocenters. The minimum absolute atomic E-state index is 0.0777. The van der Waals surface area contributed by atoms with Gasteiger partial charge in [0, 0.05) is 35.3 Å². The predicted octanol–water partition coefficient (Wildman–Crippen LogP) is 3.84. The van der Waals surface area contributed by atoms with Gasteiger partial charge < -0.3 is 15.3 Å². The van der Waals surface area contributed by atoms with Crippen molar-refractivity contribution in [3.8, 4) is 73.3 Å². The molecule has 0 saturated heterocycles. The van der Waals surface area contributed by atoms with E-state index in [9.17, 15) is 15.3 Å². The van der Waals surface area contributed by atoms with E-state index < -0.39 is 0 Å². The van der Waals surface area contributed by atoms with Crippen LogP contribution in [0.4, 0.5) is 0 Å².